The van der Waals surface area contributed by atoms with Crippen LogP contribution in [0.25, 0.3) is 0 Å². The average Bonchev–Trinajstić information content (AvgIpc) is 2.16. The summed E-state index contributed by atoms with van der Waals surface area (Å²) in [7, 11) is 1.58. The summed E-state index contributed by atoms with van der Waals surface area (Å²) in [5, 5.41) is 10.6. The van der Waals surface area contributed by atoms with Crippen molar-refractivity contribution in [3.05, 3.63) is 0 Å². The van der Waals surface area contributed by atoms with Crippen LogP contribution >= 0.6 is 0 Å². The summed E-state index contributed by atoms with van der Waals surface area (Å²) in [5.74, 6) is 4.35. The van der Waals surface area contributed by atoms with E-state index in [1.165, 1.54) is 6.92 Å². The number of aliphatic hydroxyl groups is 1. The van der Waals surface area contributed by atoms with Crippen LogP contribution in [-0.4, -0.2) is 37.2 Å². The number of nitrogens with one attached hydrogen (secondary N) is 4. The number of aliphatic hydroxyl groups excluding tert-OH is 1. The zero-order valence-electron chi connectivity index (χ0n) is 8.26. The highest BCUT2D eigenvalue weighted by molar-refractivity contribution is 5.73. The number of carbonyl (C=O) groups excluding carboxylic acids is 2. The molecule has 0 spiro atoms. The standard InChI is InChI=1S/C4H11N3O2.C2H6N2O/c1-5-7-4(9)6-2-3-8;1-2(5)4-3/h5,8H,2-3H2,1H3,(H2,6,7,9);3H2,1H3,(H,4,5). The molecule has 14 heavy (non-hydrogen) atoms. The molecule has 0 aliphatic rings. The van der Waals surface area contributed by atoms with E-state index in [1.54, 1.807) is 7.05 Å². The van der Waals surface area contributed by atoms with Crippen molar-refractivity contribution in [1.82, 2.24) is 21.6 Å². The largest absolute Gasteiger partial charge is 0.395 e. The van der Waals surface area contributed by atoms with Crippen molar-refractivity contribution in [3.63, 3.8) is 0 Å². The van der Waals surface area contributed by atoms with E-state index in [0.29, 0.717) is 0 Å². The Morgan fingerprint density at radius 3 is 2.21 bits per heavy atom. The third kappa shape index (κ3) is 16.9. The molecule has 8 nitrogen and oxygen atoms in total. The van der Waals surface area contributed by atoms with Crippen LogP contribution < -0.4 is 27.4 Å². The van der Waals surface area contributed by atoms with Crippen LogP contribution in [0.15, 0.2) is 0 Å². The van der Waals surface area contributed by atoms with Gasteiger partial charge in [0.25, 0.3) is 0 Å². The molecule has 8 heteroatoms. The third-order valence-corrected chi connectivity index (χ3v) is 0.839. The fourth-order valence-electron chi connectivity index (χ4n) is 0.327. The van der Waals surface area contributed by atoms with Crippen molar-refractivity contribution in [3.8, 4) is 0 Å². The van der Waals surface area contributed by atoms with E-state index in [2.05, 4.69) is 22.0 Å². The van der Waals surface area contributed by atoms with Gasteiger partial charge in [0.1, 0.15) is 0 Å². The number of urea groups is 1. The molecule has 0 aliphatic heterocycles. The first-order chi connectivity index (χ1) is 6.58. The van der Waals surface area contributed by atoms with Crippen molar-refractivity contribution in [2.24, 2.45) is 5.84 Å². The number of rotatable bonds is 3. The molecule has 0 aliphatic carbocycles. The van der Waals surface area contributed by atoms with Crippen molar-refractivity contribution in [1.29, 1.82) is 0 Å². The van der Waals surface area contributed by atoms with E-state index in [9.17, 15) is 9.59 Å². The Bertz CT molecular complexity index is 164. The maximum absolute atomic E-state index is 10.4. The molecule has 0 fully saturated rings. The molecule has 0 aromatic heterocycles. The molecule has 0 aromatic carbocycles. The molecule has 0 aromatic rings. The van der Waals surface area contributed by atoms with Crippen LogP contribution in [-0.2, 0) is 4.79 Å². The van der Waals surface area contributed by atoms with E-state index < -0.39 is 0 Å². The zero-order chi connectivity index (χ0) is 11.4. The molecule has 0 heterocycles. The van der Waals surface area contributed by atoms with E-state index in [1.807, 2.05) is 5.43 Å². The van der Waals surface area contributed by atoms with Gasteiger partial charge in [-0.05, 0) is 0 Å². The van der Waals surface area contributed by atoms with E-state index in [4.69, 9.17) is 5.11 Å². The molecular weight excluding hydrogens is 190 g/mol. The van der Waals surface area contributed by atoms with Gasteiger partial charge in [-0.1, -0.05) is 0 Å². The molecule has 0 bridgehead atoms. The van der Waals surface area contributed by atoms with Gasteiger partial charge in [0, 0.05) is 20.5 Å². The lowest BCUT2D eigenvalue weighted by Crippen LogP contribution is -2.43. The first-order valence-electron chi connectivity index (χ1n) is 3.87. The second-order valence-electron chi connectivity index (χ2n) is 2.06. The molecule has 0 radical (unpaired) electrons. The van der Waals surface area contributed by atoms with Crippen molar-refractivity contribution in [2.45, 2.75) is 6.92 Å². The SMILES string of the molecule is CC(=O)NN.CNNC(=O)NCCO. The van der Waals surface area contributed by atoms with Gasteiger partial charge in [0.15, 0.2) is 0 Å². The second kappa shape index (κ2) is 11.6. The Kier molecular flexibility index (Phi) is 12.5. The summed E-state index contributed by atoms with van der Waals surface area (Å²) in [6, 6.07) is -0.341. The summed E-state index contributed by atoms with van der Waals surface area (Å²) >= 11 is 0. The molecule has 0 rings (SSSR count). The fraction of sp³-hybridized carbons (Fsp3) is 0.667. The van der Waals surface area contributed by atoms with Crippen molar-refractivity contribution >= 4 is 11.9 Å². The number of amides is 3. The average molecular weight is 207 g/mol. The highest BCUT2D eigenvalue weighted by atomic mass is 16.3. The summed E-state index contributed by atoms with van der Waals surface area (Å²) < 4.78 is 0. The van der Waals surface area contributed by atoms with Crippen LogP contribution in [0.2, 0.25) is 0 Å². The first-order valence-corrected chi connectivity index (χ1v) is 3.87. The lowest BCUT2D eigenvalue weighted by atomic mass is 10.7. The van der Waals surface area contributed by atoms with Crippen LogP contribution in [0.1, 0.15) is 6.92 Å². The Labute approximate surface area is 82.2 Å². The highest BCUT2D eigenvalue weighted by Gasteiger charge is 1.92. The monoisotopic (exact) mass is 207 g/mol. The van der Waals surface area contributed by atoms with Gasteiger partial charge >= 0.3 is 6.03 Å². The summed E-state index contributed by atoms with van der Waals surface area (Å²) in [6.07, 6.45) is 0. The van der Waals surface area contributed by atoms with Gasteiger partial charge in [-0.25, -0.2) is 16.1 Å². The van der Waals surface area contributed by atoms with Gasteiger partial charge in [0.05, 0.1) is 6.61 Å². The topological polar surface area (TPSA) is 129 Å². The predicted octanol–water partition coefficient (Wildman–Crippen LogP) is -2.59. The maximum Gasteiger partial charge on any atom is 0.329 e. The van der Waals surface area contributed by atoms with Gasteiger partial charge in [-0.3, -0.25) is 15.6 Å². The molecule has 0 unspecified atom stereocenters. The molecule has 3 amide bonds. The molecule has 84 valence electrons. The molecule has 0 saturated carbocycles. The summed E-state index contributed by atoms with van der Waals surface area (Å²) in [6.45, 7) is 1.57. The minimum atomic E-state index is -0.341. The van der Waals surface area contributed by atoms with Gasteiger partial charge in [-0.15, -0.1) is 0 Å². The van der Waals surface area contributed by atoms with Crippen LogP contribution in [0, 0.1) is 0 Å². The van der Waals surface area contributed by atoms with Gasteiger partial charge < -0.3 is 10.4 Å². The number of hydrogen-bond acceptors (Lipinski definition) is 5. The van der Waals surface area contributed by atoms with Crippen LogP contribution in [0.5, 0.6) is 0 Å². The van der Waals surface area contributed by atoms with Crippen molar-refractivity contribution in [2.75, 3.05) is 20.2 Å². The minimum Gasteiger partial charge on any atom is -0.395 e. The Hall–Kier alpha value is -1.38. The van der Waals surface area contributed by atoms with E-state index >= 15 is 0 Å². The lowest BCUT2D eigenvalue weighted by molar-refractivity contribution is -0.119. The van der Waals surface area contributed by atoms with Crippen molar-refractivity contribution < 1.29 is 14.7 Å². The van der Waals surface area contributed by atoms with E-state index in [-0.39, 0.29) is 25.1 Å². The van der Waals surface area contributed by atoms with Crippen LogP contribution in [0.3, 0.4) is 0 Å². The lowest BCUT2D eigenvalue weighted by Gasteiger charge is -2.02. The molecule has 0 saturated heterocycles. The third-order valence-electron chi connectivity index (χ3n) is 0.839. The fourth-order valence-corrected chi connectivity index (χ4v) is 0.327. The Morgan fingerprint density at radius 2 is 1.93 bits per heavy atom. The number of hydrazine groups is 2. The number of nitrogens with two attached hydrogens (primary N) is 1. The normalized spacial score (nSPS) is 8.00. The van der Waals surface area contributed by atoms with Gasteiger partial charge in [0.2, 0.25) is 5.91 Å². The quantitative estimate of drug-likeness (QED) is 0.172. The molecular formula is C6H17N5O3. The Balaban J connectivity index is 0. The summed E-state index contributed by atoms with van der Waals surface area (Å²) in [4.78, 5) is 20.0. The minimum absolute atomic E-state index is 0.0445. The summed E-state index contributed by atoms with van der Waals surface area (Å²) in [5.41, 5.74) is 6.59. The number of hydrogen-bond donors (Lipinski definition) is 6. The smallest absolute Gasteiger partial charge is 0.329 e. The van der Waals surface area contributed by atoms with Gasteiger partial charge in [-0.2, -0.15) is 0 Å². The molecule has 7 N–H and O–H groups in total. The van der Waals surface area contributed by atoms with E-state index in [0.717, 1.165) is 0 Å². The zero-order valence-corrected chi connectivity index (χ0v) is 8.26. The number of carbonyl (C=O) groups is 2. The first kappa shape index (κ1) is 15.1. The molecule has 0 atom stereocenters. The van der Waals surface area contributed by atoms with Crippen LogP contribution in [0.4, 0.5) is 4.79 Å². The highest BCUT2D eigenvalue weighted by Crippen LogP contribution is 1.58. The Morgan fingerprint density at radius 1 is 1.43 bits per heavy atom. The maximum atomic E-state index is 10.4. The second-order valence-corrected chi connectivity index (χ2v) is 2.06. The predicted molar refractivity (Wildman–Crippen MR) is 50.7 cm³/mol.